The zero-order valence-corrected chi connectivity index (χ0v) is 11.2. The van der Waals surface area contributed by atoms with Crippen LogP contribution in [0.15, 0.2) is 36.4 Å². The van der Waals surface area contributed by atoms with E-state index in [2.05, 4.69) is 52.4 Å². The van der Waals surface area contributed by atoms with E-state index >= 15 is 0 Å². The Balaban J connectivity index is 1.60. The van der Waals surface area contributed by atoms with Crippen LogP contribution < -0.4 is 5.32 Å². The molecule has 2 aromatic rings. The van der Waals surface area contributed by atoms with Crippen molar-refractivity contribution in [2.24, 2.45) is 5.92 Å². The van der Waals surface area contributed by atoms with Gasteiger partial charge < -0.3 is 5.32 Å². The molecule has 1 fully saturated rings. The van der Waals surface area contributed by atoms with Gasteiger partial charge in [-0.15, -0.1) is 0 Å². The molecule has 0 amide bonds. The van der Waals surface area contributed by atoms with Gasteiger partial charge in [-0.1, -0.05) is 24.3 Å². The standard InChI is InChI=1S/C15H18N2S/c1-2-4-15-13(3-1)5-6-14(17-15)10-16-9-12-7-8-18-11-12/h1-6,12,16H,7-11H2. The number of benzene rings is 1. The van der Waals surface area contributed by atoms with Gasteiger partial charge >= 0.3 is 0 Å². The van der Waals surface area contributed by atoms with Gasteiger partial charge in [-0.3, -0.25) is 4.98 Å². The predicted octanol–water partition coefficient (Wildman–Crippen LogP) is 3.08. The molecule has 1 saturated heterocycles. The highest BCUT2D eigenvalue weighted by molar-refractivity contribution is 7.99. The molecule has 1 aromatic heterocycles. The number of aromatic nitrogens is 1. The van der Waals surface area contributed by atoms with Crippen LogP contribution in [-0.2, 0) is 6.54 Å². The van der Waals surface area contributed by atoms with Gasteiger partial charge in [0.2, 0.25) is 0 Å². The fourth-order valence-corrected chi connectivity index (χ4v) is 3.64. The molecule has 2 nitrogen and oxygen atoms in total. The summed E-state index contributed by atoms with van der Waals surface area (Å²) in [6.07, 6.45) is 1.36. The summed E-state index contributed by atoms with van der Waals surface area (Å²) in [6.45, 7) is 2.01. The Bertz CT molecular complexity index is 521. The lowest BCUT2D eigenvalue weighted by atomic mass is 10.1. The van der Waals surface area contributed by atoms with Crippen LogP contribution in [-0.4, -0.2) is 23.0 Å². The third-order valence-electron chi connectivity index (χ3n) is 3.42. The van der Waals surface area contributed by atoms with Gasteiger partial charge in [0.15, 0.2) is 0 Å². The molecule has 0 spiro atoms. The minimum atomic E-state index is 0.857. The van der Waals surface area contributed by atoms with Crippen LogP contribution in [0, 0.1) is 5.92 Å². The Labute approximate surface area is 112 Å². The van der Waals surface area contributed by atoms with Crippen LogP contribution in [0.3, 0.4) is 0 Å². The molecule has 1 unspecified atom stereocenters. The van der Waals surface area contributed by atoms with E-state index in [9.17, 15) is 0 Å². The number of pyridine rings is 1. The summed E-state index contributed by atoms with van der Waals surface area (Å²) in [6, 6.07) is 12.6. The highest BCUT2D eigenvalue weighted by Crippen LogP contribution is 2.22. The van der Waals surface area contributed by atoms with E-state index in [1.54, 1.807) is 0 Å². The quantitative estimate of drug-likeness (QED) is 0.912. The van der Waals surface area contributed by atoms with Crippen LogP contribution in [0.4, 0.5) is 0 Å². The van der Waals surface area contributed by atoms with Crippen molar-refractivity contribution in [3.63, 3.8) is 0 Å². The van der Waals surface area contributed by atoms with Crippen molar-refractivity contribution < 1.29 is 0 Å². The van der Waals surface area contributed by atoms with E-state index in [-0.39, 0.29) is 0 Å². The Kier molecular flexibility index (Phi) is 3.81. The maximum Gasteiger partial charge on any atom is 0.0705 e. The molecule has 1 aliphatic rings. The summed E-state index contributed by atoms with van der Waals surface area (Å²) in [7, 11) is 0. The molecule has 1 aliphatic heterocycles. The van der Waals surface area contributed by atoms with Crippen molar-refractivity contribution in [3.05, 3.63) is 42.1 Å². The summed E-state index contributed by atoms with van der Waals surface area (Å²) in [5.74, 6) is 3.51. The summed E-state index contributed by atoms with van der Waals surface area (Å²) < 4.78 is 0. The van der Waals surface area contributed by atoms with Crippen molar-refractivity contribution in [2.75, 3.05) is 18.1 Å². The second kappa shape index (κ2) is 5.72. The Morgan fingerprint density at radius 2 is 2.17 bits per heavy atom. The SMILES string of the molecule is c1ccc2nc(CNCC3CCSC3)ccc2c1. The van der Waals surface area contributed by atoms with Crippen LogP contribution in [0.1, 0.15) is 12.1 Å². The summed E-state index contributed by atoms with van der Waals surface area (Å²) in [5.41, 5.74) is 2.23. The zero-order valence-electron chi connectivity index (χ0n) is 10.4. The molecule has 0 bridgehead atoms. The third kappa shape index (κ3) is 2.85. The zero-order chi connectivity index (χ0) is 12.2. The highest BCUT2D eigenvalue weighted by atomic mass is 32.2. The van der Waals surface area contributed by atoms with Crippen LogP contribution in [0.25, 0.3) is 10.9 Å². The maximum absolute atomic E-state index is 4.67. The number of hydrogen-bond acceptors (Lipinski definition) is 3. The van der Waals surface area contributed by atoms with E-state index in [4.69, 9.17) is 0 Å². The largest absolute Gasteiger partial charge is 0.311 e. The van der Waals surface area contributed by atoms with Gasteiger partial charge in [-0.2, -0.15) is 11.8 Å². The van der Waals surface area contributed by atoms with Gasteiger partial charge in [0.05, 0.1) is 11.2 Å². The van der Waals surface area contributed by atoms with E-state index in [1.165, 1.54) is 23.3 Å². The third-order valence-corrected chi connectivity index (χ3v) is 4.65. The fourth-order valence-electron chi connectivity index (χ4n) is 2.36. The number of rotatable bonds is 4. The first-order chi connectivity index (χ1) is 8.92. The van der Waals surface area contributed by atoms with Crippen molar-refractivity contribution in [3.8, 4) is 0 Å². The number of fused-ring (bicyclic) bond motifs is 1. The average molecular weight is 258 g/mol. The molecular weight excluding hydrogens is 240 g/mol. The molecule has 0 radical (unpaired) electrons. The van der Waals surface area contributed by atoms with Gasteiger partial charge in [-0.25, -0.2) is 0 Å². The number of hydrogen-bond donors (Lipinski definition) is 1. The molecule has 0 aliphatic carbocycles. The van der Waals surface area contributed by atoms with Gasteiger partial charge in [-0.05, 0) is 42.5 Å². The monoisotopic (exact) mass is 258 g/mol. The normalized spacial score (nSPS) is 19.4. The molecule has 3 rings (SSSR count). The van der Waals surface area contributed by atoms with E-state index < -0.39 is 0 Å². The molecule has 0 saturated carbocycles. The first kappa shape index (κ1) is 12.0. The lowest BCUT2D eigenvalue weighted by Gasteiger charge is -2.09. The molecule has 1 N–H and O–H groups in total. The van der Waals surface area contributed by atoms with Crippen molar-refractivity contribution in [2.45, 2.75) is 13.0 Å². The molecule has 1 atom stereocenters. The van der Waals surface area contributed by atoms with E-state index in [1.807, 2.05) is 6.07 Å². The number of para-hydroxylation sites is 1. The van der Waals surface area contributed by atoms with Crippen LogP contribution in [0.2, 0.25) is 0 Å². The second-order valence-corrected chi connectivity index (χ2v) is 6.01. The first-order valence-electron chi connectivity index (χ1n) is 6.55. The Hall–Kier alpha value is -1.06. The van der Waals surface area contributed by atoms with E-state index in [0.29, 0.717) is 0 Å². The van der Waals surface area contributed by atoms with Gasteiger partial charge in [0.1, 0.15) is 0 Å². The maximum atomic E-state index is 4.67. The number of nitrogens with one attached hydrogen (secondary N) is 1. The second-order valence-electron chi connectivity index (χ2n) is 4.86. The number of thioether (sulfide) groups is 1. The molecular formula is C15H18N2S. The molecule has 2 heterocycles. The molecule has 18 heavy (non-hydrogen) atoms. The smallest absolute Gasteiger partial charge is 0.0705 e. The van der Waals surface area contributed by atoms with Crippen molar-refractivity contribution >= 4 is 22.7 Å². The lowest BCUT2D eigenvalue weighted by molar-refractivity contribution is 0.520. The minimum Gasteiger partial charge on any atom is -0.311 e. The summed E-state index contributed by atoms with van der Waals surface area (Å²) >= 11 is 2.07. The van der Waals surface area contributed by atoms with E-state index in [0.717, 1.165) is 30.2 Å². The summed E-state index contributed by atoms with van der Waals surface area (Å²) in [4.78, 5) is 4.67. The predicted molar refractivity (Wildman–Crippen MR) is 78.9 cm³/mol. The van der Waals surface area contributed by atoms with Crippen LogP contribution >= 0.6 is 11.8 Å². The van der Waals surface area contributed by atoms with Gasteiger partial charge in [0.25, 0.3) is 0 Å². The Morgan fingerprint density at radius 3 is 3.06 bits per heavy atom. The topological polar surface area (TPSA) is 24.9 Å². The van der Waals surface area contributed by atoms with Crippen molar-refractivity contribution in [1.29, 1.82) is 0 Å². The first-order valence-corrected chi connectivity index (χ1v) is 7.70. The Morgan fingerprint density at radius 1 is 1.22 bits per heavy atom. The highest BCUT2D eigenvalue weighted by Gasteiger charge is 2.14. The average Bonchev–Trinajstić information content (AvgIpc) is 2.92. The number of nitrogens with zero attached hydrogens (tertiary/aromatic N) is 1. The molecule has 1 aromatic carbocycles. The molecule has 94 valence electrons. The fraction of sp³-hybridized carbons (Fsp3) is 0.400. The minimum absolute atomic E-state index is 0.857. The van der Waals surface area contributed by atoms with Crippen molar-refractivity contribution in [1.82, 2.24) is 10.3 Å². The lowest BCUT2D eigenvalue weighted by Crippen LogP contribution is -2.22. The summed E-state index contributed by atoms with van der Waals surface area (Å²) in [5, 5.41) is 4.75. The molecule has 3 heteroatoms. The van der Waals surface area contributed by atoms with Gasteiger partial charge in [0, 0.05) is 11.9 Å². The van der Waals surface area contributed by atoms with Crippen LogP contribution in [0.5, 0.6) is 0 Å².